The Hall–Kier alpha value is -0.620. The zero-order valence-corrected chi connectivity index (χ0v) is 11.9. The molecule has 0 radical (unpaired) electrons. The SMILES string of the molecule is O=C(O)Cc1ccc(Cl)cc1C(O)C(O)CCBr. The third kappa shape index (κ3) is 4.24. The number of alkyl halides is 1. The highest BCUT2D eigenvalue weighted by Crippen LogP contribution is 2.26. The van der Waals surface area contributed by atoms with Crippen LogP contribution in [-0.4, -0.2) is 32.7 Å². The molecule has 0 fully saturated rings. The van der Waals surface area contributed by atoms with Gasteiger partial charge in [0, 0.05) is 10.4 Å². The Labute approximate surface area is 118 Å². The van der Waals surface area contributed by atoms with Gasteiger partial charge in [-0.25, -0.2) is 0 Å². The maximum atomic E-state index is 10.7. The summed E-state index contributed by atoms with van der Waals surface area (Å²) in [5, 5.41) is 29.5. The van der Waals surface area contributed by atoms with Crippen LogP contribution in [0.15, 0.2) is 18.2 Å². The van der Waals surface area contributed by atoms with E-state index in [-0.39, 0.29) is 6.42 Å². The number of benzene rings is 1. The highest BCUT2D eigenvalue weighted by molar-refractivity contribution is 9.09. The molecule has 0 amide bonds. The second-order valence-electron chi connectivity index (χ2n) is 3.90. The van der Waals surface area contributed by atoms with Crippen LogP contribution in [0.25, 0.3) is 0 Å². The zero-order valence-electron chi connectivity index (χ0n) is 9.51. The number of aliphatic hydroxyl groups excluding tert-OH is 2. The Balaban J connectivity index is 3.03. The van der Waals surface area contributed by atoms with Crippen molar-refractivity contribution in [3.05, 3.63) is 34.3 Å². The molecule has 2 atom stereocenters. The summed E-state index contributed by atoms with van der Waals surface area (Å²) in [6.45, 7) is 0. The van der Waals surface area contributed by atoms with Crippen LogP contribution in [-0.2, 0) is 11.2 Å². The number of rotatable bonds is 6. The standard InChI is InChI=1S/C12H14BrClO4/c13-4-3-10(15)12(18)9-6-8(14)2-1-7(9)5-11(16)17/h1-2,6,10,12,15,18H,3-5H2,(H,16,17). The molecule has 100 valence electrons. The maximum Gasteiger partial charge on any atom is 0.307 e. The third-order valence-corrected chi connectivity index (χ3v) is 3.23. The number of carboxylic acid groups (broad SMARTS) is 1. The minimum Gasteiger partial charge on any atom is -0.481 e. The Morgan fingerprint density at radius 2 is 2.06 bits per heavy atom. The number of hydrogen-bond donors (Lipinski definition) is 3. The average Bonchev–Trinajstić information content (AvgIpc) is 2.30. The van der Waals surface area contributed by atoms with Crippen molar-refractivity contribution in [3.8, 4) is 0 Å². The fourth-order valence-electron chi connectivity index (χ4n) is 1.64. The van der Waals surface area contributed by atoms with Crippen molar-refractivity contribution in [2.45, 2.75) is 25.0 Å². The average molecular weight is 338 g/mol. The maximum absolute atomic E-state index is 10.7. The summed E-state index contributed by atoms with van der Waals surface area (Å²) >= 11 is 9.00. The molecule has 1 aromatic rings. The summed E-state index contributed by atoms with van der Waals surface area (Å²) in [4.78, 5) is 10.7. The van der Waals surface area contributed by atoms with Crippen molar-refractivity contribution >= 4 is 33.5 Å². The number of carboxylic acids is 1. The van der Waals surface area contributed by atoms with Crippen LogP contribution in [0.1, 0.15) is 23.7 Å². The summed E-state index contributed by atoms with van der Waals surface area (Å²) < 4.78 is 0. The van der Waals surface area contributed by atoms with Gasteiger partial charge in [-0.05, 0) is 29.7 Å². The van der Waals surface area contributed by atoms with Gasteiger partial charge in [0.2, 0.25) is 0 Å². The Bertz CT molecular complexity index is 425. The number of aliphatic hydroxyl groups is 2. The second-order valence-corrected chi connectivity index (χ2v) is 5.13. The fraction of sp³-hybridized carbons (Fsp3) is 0.417. The van der Waals surface area contributed by atoms with Gasteiger partial charge in [0.05, 0.1) is 12.5 Å². The predicted molar refractivity (Wildman–Crippen MR) is 72.2 cm³/mol. The molecule has 6 heteroatoms. The number of halogens is 2. The zero-order chi connectivity index (χ0) is 13.7. The van der Waals surface area contributed by atoms with Crippen LogP contribution >= 0.6 is 27.5 Å². The summed E-state index contributed by atoms with van der Waals surface area (Å²) in [6, 6.07) is 4.60. The molecule has 1 aromatic carbocycles. The monoisotopic (exact) mass is 336 g/mol. The Morgan fingerprint density at radius 3 is 2.61 bits per heavy atom. The van der Waals surface area contributed by atoms with Gasteiger partial charge in [-0.15, -0.1) is 0 Å². The van der Waals surface area contributed by atoms with E-state index in [1.165, 1.54) is 6.07 Å². The summed E-state index contributed by atoms with van der Waals surface area (Å²) in [5.41, 5.74) is 0.811. The minimum atomic E-state index is -1.14. The van der Waals surface area contributed by atoms with E-state index < -0.39 is 18.2 Å². The molecule has 2 unspecified atom stereocenters. The quantitative estimate of drug-likeness (QED) is 0.695. The summed E-state index contributed by atoms with van der Waals surface area (Å²) in [6.07, 6.45) is -1.96. The van der Waals surface area contributed by atoms with Crippen LogP contribution in [0.2, 0.25) is 5.02 Å². The van der Waals surface area contributed by atoms with E-state index >= 15 is 0 Å². The fourth-order valence-corrected chi connectivity index (χ4v) is 2.29. The smallest absolute Gasteiger partial charge is 0.307 e. The van der Waals surface area contributed by atoms with Gasteiger partial charge in [-0.3, -0.25) is 4.79 Å². The molecule has 0 aliphatic rings. The predicted octanol–water partition coefficient (Wildman–Crippen LogP) is 2.15. The van der Waals surface area contributed by atoms with Crippen molar-refractivity contribution in [2.24, 2.45) is 0 Å². The molecule has 0 saturated carbocycles. The molecule has 3 N–H and O–H groups in total. The van der Waals surface area contributed by atoms with Gasteiger partial charge in [0.15, 0.2) is 0 Å². The number of aliphatic carboxylic acids is 1. The van der Waals surface area contributed by atoms with Crippen molar-refractivity contribution in [2.75, 3.05) is 5.33 Å². The Kier molecular flexibility index (Phi) is 6.08. The van der Waals surface area contributed by atoms with E-state index in [9.17, 15) is 15.0 Å². The van der Waals surface area contributed by atoms with Crippen molar-refractivity contribution in [1.29, 1.82) is 0 Å². The molecule has 0 spiro atoms. The van der Waals surface area contributed by atoms with E-state index in [1.807, 2.05) is 0 Å². The van der Waals surface area contributed by atoms with E-state index in [1.54, 1.807) is 12.1 Å². The summed E-state index contributed by atoms with van der Waals surface area (Å²) in [7, 11) is 0. The van der Waals surface area contributed by atoms with Crippen LogP contribution in [0.4, 0.5) is 0 Å². The number of hydrogen-bond acceptors (Lipinski definition) is 3. The van der Waals surface area contributed by atoms with Crippen LogP contribution in [0.5, 0.6) is 0 Å². The molecule has 0 heterocycles. The third-order valence-electron chi connectivity index (χ3n) is 2.54. The first-order valence-electron chi connectivity index (χ1n) is 5.38. The van der Waals surface area contributed by atoms with Crippen LogP contribution < -0.4 is 0 Å². The van der Waals surface area contributed by atoms with Crippen molar-refractivity contribution in [1.82, 2.24) is 0 Å². The second kappa shape index (κ2) is 7.09. The lowest BCUT2D eigenvalue weighted by molar-refractivity contribution is -0.136. The van der Waals surface area contributed by atoms with Gasteiger partial charge in [0.25, 0.3) is 0 Å². The molecular formula is C12H14BrClO4. The molecule has 0 bridgehead atoms. The van der Waals surface area contributed by atoms with Gasteiger partial charge < -0.3 is 15.3 Å². The largest absolute Gasteiger partial charge is 0.481 e. The van der Waals surface area contributed by atoms with E-state index in [2.05, 4.69) is 15.9 Å². The molecule has 0 aliphatic heterocycles. The molecule has 0 aromatic heterocycles. The van der Waals surface area contributed by atoms with E-state index in [0.29, 0.717) is 27.9 Å². The summed E-state index contributed by atoms with van der Waals surface area (Å²) in [5.74, 6) is -0.999. The van der Waals surface area contributed by atoms with Crippen molar-refractivity contribution < 1.29 is 20.1 Å². The van der Waals surface area contributed by atoms with Crippen LogP contribution in [0, 0.1) is 0 Å². The van der Waals surface area contributed by atoms with Crippen molar-refractivity contribution in [3.63, 3.8) is 0 Å². The van der Waals surface area contributed by atoms with Gasteiger partial charge >= 0.3 is 5.97 Å². The first-order chi connectivity index (χ1) is 8.45. The minimum absolute atomic E-state index is 0.218. The first-order valence-corrected chi connectivity index (χ1v) is 6.88. The van der Waals surface area contributed by atoms with E-state index in [0.717, 1.165) is 0 Å². The lowest BCUT2D eigenvalue weighted by atomic mass is 9.96. The highest BCUT2D eigenvalue weighted by atomic mass is 79.9. The van der Waals surface area contributed by atoms with Gasteiger partial charge in [0.1, 0.15) is 6.10 Å². The molecular weight excluding hydrogens is 323 g/mol. The van der Waals surface area contributed by atoms with Crippen LogP contribution in [0.3, 0.4) is 0 Å². The first kappa shape index (κ1) is 15.4. The van der Waals surface area contributed by atoms with E-state index in [4.69, 9.17) is 16.7 Å². The molecule has 1 rings (SSSR count). The lowest BCUT2D eigenvalue weighted by Crippen LogP contribution is -2.20. The Morgan fingerprint density at radius 1 is 1.39 bits per heavy atom. The molecule has 18 heavy (non-hydrogen) atoms. The molecule has 0 aliphatic carbocycles. The highest BCUT2D eigenvalue weighted by Gasteiger charge is 2.21. The number of carbonyl (C=O) groups is 1. The van der Waals surface area contributed by atoms with Gasteiger partial charge in [-0.2, -0.15) is 0 Å². The van der Waals surface area contributed by atoms with Gasteiger partial charge in [-0.1, -0.05) is 33.6 Å². The molecule has 0 saturated heterocycles. The normalized spacial score (nSPS) is 14.2. The lowest BCUT2D eigenvalue weighted by Gasteiger charge is -2.20. The topological polar surface area (TPSA) is 77.8 Å². The molecule has 4 nitrogen and oxygen atoms in total.